The third-order valence-electron chi connectivity index (χ3n) is 3.06. The second kappa shape index (κ2) is 6.05. The van der Waals surface area contributed by atoms with Crippen LogP contribution in [0, 0.1) is 5.41 Å². The van der Waals surface area contributed by atoms with Gasteiger partial charge in [-0.15, -0.1) is 11.3 Å². The molecule has 6 heteroatoms. The van der Waals surface area contributed by atoms with Gasteiger partial charge < -0.3 is 11.1 Å². The van der Waals surface area contributed by atoms with E-state index in [2.05, 4.69) is 10.3 Å². The van der Waals surface area contributed by atoms with E-state index in [0.717, 1.165) is 15.2 Å². The lowest BCUT2D eigenvalue weighted by molar-refractivity contribution is -0.126. The average Bonchev–Trinajstić information content (AvgIpc) is 2.85. The van der Waals surface area contributed by atoms with Crippen molar-refractivity contribution >= 4 is 39.4 Å². The minimum absolute atomic E-state index is 0.200. The van der Waals surface area contributed by atoms with Crippen LogP contribution in [0.25, 0.3) is 16.3 Å². The lowest BCUT2D eigenvalue weighted by Gasteiger charge is -2.19. The molecule has 0 saturated carbocycles. The molecule has 0 unspecified atom stereocenters. The zero-order chi connectivity index (χ0) is 15.5. The third-order valence-corrected chi connectivity index (χ3v) is 4.06. The summed E-state index contributed by atoms with van der Waals surface area (Å²) >= 11 is 1.52. The van der Waals surface area contributed by atoms with E-state index in [4.69, 9.17) is 5.73 Å². The van der Waals surface area contributed by atoms with Gasteiger partial charge in [-0.05, 0) is 32.1 Å². The number of aromatic nitrogens is 1. The Bertz CT molecular complexity index is 671. The maximum Gasteiger partial charge on any atom is 0.244 e. The quantitative estimate of drug-likeness (QED) is 0.828. The Labute approximate surface area is 126 Å². The molecule has 0 aliphatic rings. The largest absolute Gasteiger partial charge is 0.369 e. The van der Waals surface area contributed by atoms with Crippen molar-refractivity contribution in [3.8, 4) is 0 Å². The summed E-state index contributed by atoms with van der Waals surface area (Å²) in [5.41, 5.74) is 5.40. The number of para-hydroxylation sites is 1. The molecular weight excluding hydrogens is 286 g/mol. The van der Waals surface area contributed by atoms with Crippen molar-refractivity contribution in [2.24, 2.45) is 11.1 Å². The highest BCUT2D eigenvalue weighted by Gasteiger charge is 2.24. The number of fused-ring (bicyclic) bond motifs is 1. The van der Waals surface area contributed by atoms with E-state index >= 15 is 0 Å². The lowest BCUT2D eigenvalue weighted by atomic mass is 9.93. The summed E-state index contributed by atoms with van der Waals surface area (Å²) in [6, 6.07) is 7.79. The molecule has 0 aliphatic heterocycles. The van der Waals surface area contributed by atoms with E-state index in [1.54, 1.807) is 19.9 Å². The summed E-state index contributed by atoms with van der Waals surface area (Å²) < 4.78 is 1.08. The van der Waals surface area contributed by atoms with Crippen LogP contribution in [0.3, 0.4) is 0 Å². The Kier molecular flexibility index (Phi) is 4.37. The van der Waals surface area contributed by atoms with Crippen LogP contribution in [0.15, 0.2) is 30.3 Å². The van der Waals surface area contributed by atoms with Gasteiger partial charge in [-0.2, -0.15) is 0 Å². The first kappa shape index (κ1) is 15.2. The molecule has 1 aromatic carbocycles. The van der Waals surface area contributed by atoms with Crippen LogP contribution < -0.4 is 11.1 Å². The number of primary amides is 1. The van der Waals surface area contributed by atoms with Crippen LogP contribution in [0.1, 0.15) is 18.9 Å². The number of amides is 2. The molecule has 1 heterocycles. The van der Waals surface area contributed by atoms with Gasteiger partial charge in [0, 0.05) is 12.6 Å². The Hall–Kier alpha value is -2.21. The van der Waals surface area contributed by atoms with Gasteiger partial charge in [0.05, 0.1) is 15.6 Å². The molecule has 0 saturated heterocycles. The summed E-state index contributed by atoms with van der Waals surface area (Å²) in [6.45, 7) is 3.57. The van der Waals surface area contributed by atoms with Gasteiger partial charge in [0.25, 0.3) is 0 Å². The van der Waals surface area contributed by atoms with Gasteiger partial charge in [0.2, 0.25) is 11.8 Å². The van der Waals surface area contributed by atoms with Crippen LogP contribution in [0.5, 0.6) is 0 Å². The maximum absolute atomic E-state index is 11.7. The van der Waals surface area contributed by atoms with E-state index in [-0.39, 0.29) is 12.5 Å². The van der Waals surface area contributed by atoms with Crippen LogP contribution >= 0.6 is 11.3 Å². The maximum atomic E-state index is 11.7. The SMILES string of the molecule is CC(C)(CNC(=O)/C=C/c1nc2ccccc2s1)C(N)=O. The molecule has 110 valence electrons. The number of rotatable bonds is 5. The van der Waals surface area contributed by atoms with E-state index < -0.39 is 11.3 Å². The molecule has 3 N–H and O–H groups in total. The van der Waals surface area contributed by atoms with Crippen LogP contribution in [-0.2, 0) is 9.59 Å². The van der Waals surface area contributed by atoms with Gasteiger partial charge in [-0.3, -0.25) is 9.59 Å². The van der Waals surface area contributed by atoms with Crippen LogP contribution in [0.4, 0.5) is 0 Å². The number of hydrogen-bond donors (Lipinski definition) is 2. The van der Waals surface area contributed by atoms with Gasteiger partial charge in [0.15, 0.2) is 0 Å². The molecule has 0 aliphatic carbocycles. The highest BCUT2D eigenvalue weighted by molar-refractivity contribution is 7.19. The first-order chi connectivity index (χ1) is 9.88. The molecular formula is C15H17N3O2S. The van der Waals surface area contributed by atoms with E-state index in [9.17, 15) is 9.59 Å². The highest BCUT2D eigenvalue weighted by Crippen LogP contribution is 2.22. The van der Waals surface area contributed by atoms with Crippen molar-refractivity contribution in [2.75, 3.05) is 6.54 Å². The number of carbonyl (C=O) groups is 2. The zero-order valence-electron chi connectivity index (χ0n) is 11.9. The molecule has 0 spiro atoms. The second-order valence-corrected chi connectivity index (χ2v) is 6.38. The second-order valence-electron chi connectivity index (χ2n) is 5.32. The van der Waals surface area contributed by atoms with E-state index in [1.165, 1.54) is 17.4 Å². The summed E-state index contributed by atoms with van der Waals surface area (Å²) in [5, 5.41) is 3.42. The minimum atomic E-state index is -0.765. The number of nitrogens with zero attached hydrogens (tertiary/aromatic N) is 1. The number of thiazole rings is 1. The first-order valence-corrected chi connectivity index (χ1v) is 7.31. The number of nitrogens with one attached hydrogen (secondary N) is 1. The van der Waals surface area contributed by atoms with Crippen LogP contribution in [0.2, 0.25) is 0 Å². The molecule has 1 aromatic heterocycles. The predicted octanol–water partition coefficient (Wildman–Crippen LogP) is 1.94. The Morgan fingerprint density at radius 1 is 1.38 bits per heavy atom. The zero-order valence-corrected chi connectivity index (χ0v) is 12.7. The summed E-state index contributed by atoms with van der Waals surface area (Å²) in [7, 11) is 0. The molecule has 0 bridgehead atoms. The van der Waals surface area contributed by atoms with Gasteiger partial charge in [-0.25, -0.2) is 4.98 Å². The topological polar surface area (TPSA) is 85.1 Å². The van der Waals surface area contributed by atoms with Crippen molar-refractivity contribution in [2.45, 2.75) is 13.8 Å². The Morgan fingerprint density at radius 2 is 2.10 bits per heavy atom. The number of carbonyl (C=O) groups excluding carboxylic acids is 2. The normalized spacial score (nSPS) is 11.9. The molecule has 2 aromatic rings. The molecule has 2 amide bonds. The van der Waals surface area contributed by atoms with Gasteiger partial charge >= 0.3 is 0 Å². The molecule has 21 heavy (non-hydrogen) atoms. The van der Waals surface area contributed by atoms with Crippen molar-refractivity contribution in [1.82, 2.24) is 10.3 Å². The van der Waals surface area contributed by atoms with E-state index in [1.807, 2.05) is 24.3 Å². The number of hydrogen-bond acceptors (Lipinski definition) is 4. The minimum Gasteiger partial charge on any atom is -0.369 e. The van der Waals surface area contributed by atoms with Gasteiger partial charge in [-0.1, -0.05) is 12.1 Å². The molecule has 2 rings (SSSR count). The van der Waals surface area contributed by atoms with E-state index in [0.29, 0.717) is 0 Å². The fraction of sp³-hybridized carbons (Fsp3) is 0.267. The summed E-state index contributed by atoms with van der Waals surface area (Å²) in [4.78, 5) is 27.3. The fourth-order valence-corrected chi connectivity index (χ4v) is 2.43. The lowest BCUT2D eigenvalue weighted by Crippen LogP contribution is -2.41. The molecule has 0 atom stereocenters. The average molecular weight is 303 g/mol. The Balaban J connectivity index is 1.97. The monoisotopic (exact) mass is 303 g/mol. The predicted molar refractivity (Wildman–Crippen MR) is 84.6 cm³/mol. The molecule has 0 fully saturated rings. The molecule has 5 nitrogen and oxygen atoms in total. The summed E-state index contributed by atoms with van der Waals surface area (Å²) in [6.07, 6.45) is 3.08. The smallest absolute Gasteiger partial charge is 0.244 e. The standard InChI is InChI=1S/C15H17N3O2S/c1-15(2,14(16)20)9-17-12(19)7-8-13-18-10-5-3-4-6-11(10)21-13/h3-8H,9H2,1-2H3,(H2,16,20)(H,17,19)/b8-7+. The first-order valence-electron chi connectivity index (χ1n) is 6.50. The van der Waals surface area contributed by atoms with Crippen LogP contribution in [-0.4, -0.2) is 23.3 Å². The molecule has 0 radical (unpaired) electrons. The van der Waals surface area contributed by atoms with Gasteiger partial charge in [0.1, 0.15) is 5.01 Å². The Morgan fingerprint density at radius 3 is 2.76 bits per heavy atom. The van der Waals surface area contributed by atoms with Crippen molar-refractivity contribution in [1.29, 1.82) is 0 Å². The van der Waals surface area contributed by atoms with Crippen molar-refractivity contribution < 1.29 is 9.59 Å². The number of nitrogens with two attached hydrogens (primary N) is 1. The van der Waals surface area contributed by atoms with Crippen molar-refractivity contribution in [3.63, 3.8) is 0 Å². The highest BCUT2D eigenvalue weighted by atomic mass is 32.1. The third kappa shape index (κ3) is 3.88. The fourth-order valence-electron chi connectivity index (χ4n) is 1.56. The van der Waals surface area contributed by atoms with Crippen molar-refractivity contribution in [3.05, 3.63) is 35.3 Å². The summed E-state index contributed by atoms with van der Waals surface area (Å²) in [5.74, 6) is -0.721. The number of benzene rings is 1.